The maximum absolute atomic E-state index is 12.9. The summed E-state index contributed by atoms with van der Waals surface area (Å²) in [4.78, 5) is 43.5. The van der Waals surface area contributed by atoms with Gasteiger partial charge in [0.2, 0.25) is 11.8 Å². The lowest BCUT2D eigenvalue weighted by molar-refractivity contribution is -0.152. The highest BCUT2D eigenvalue weighted by Gasteiger charge is 2.40. The first-order valence-electron chi connectivity index (χ1n) is 8.88. The molecule has 3 rings (SSSR count). The van der Waals surface area contributed by atoms with Crippen LogP contribution in [0, 0.1) is 0 Å². The highest BCUT2D eigenvalue weighted by molar-refractivity contribution is 6.12. The highest BCUT2D eigenvalue weighted by atomic mass is 16.5. The van der Waals surface area contributed by atoms with Crippen LogP contribution in [0.3, 0.4) is 0 Å². The zero-order valence-electron chi connectivity index (χ0n) is 16.0. The first-order valence-corrected chi connectivity index (χ1v) is 8.88. The number of hydrogen-bond acceptors (Lipinski definition) is 5. The molecule has 9 nitrogen and oxygen atoms in total. The molecule has 0 bridgehead atoms. The Labute approximate surface area is 167 Å². The summed E-state index contributed by atoms with van der Waals surface area (Å²) in [6.07, 6.45) is 0. The predicted octanol–water partition coefficient (Wildman–Crippen LogP) is 3.04. The van der Waals surface area contributed by atoms with E-state index in [1.54, 1.807) is 31.4 Å². The standard InChI is InChI=1S/C20H19N5O4/c1-13-19(27)24(11-14-7-9-15(29-2)10-8-14)12-18(26)25(13)20(28)16-5-3-4-6-17(16)22-23-21/h3-10,13H,11-12H2,1-2H3. The zero-order valence-corrected chi connectivity index (χ0v) is 16.0. The van der Waals surface area contributed by atoms with Gasteiger partial charge >= 0.3 is 0 Å². The summed E-state index contributed by atoms with van der Waals surface area (Å²) in [7, 11) is 1.56. The third-order valence-electron chi connectivity index (χ3n) is 4.69. The van der Waals surface area contributed by atoms with Crippen molar-refractivity contribution < 1.29 is 19.1 Å². The van der Waals surface area contributed by atoms with Crippen molar-refractivity contribution in [1.82, 2.24) is 9.80 Å². The number of benzene rings is 2. The van der Waals surface area contributed by atoms with Crippen molar-refractivity contribution in [3.63, 3.8) is 0 Å². The monoisotopic (exact) mass is 393 g/mol. The number of piperazine rings is 1. The van der Waals surface area contributed by atoms with E-state index < -0.39 is 17.9 Å². The van der Waals surface area contributed by atoms with Crippen LogP contribution in [0.15, 0.2) is 53.6 Å². The van der Waals surface area contributed by atoms with Gasteiger partial charge in [0.05, 0.1) is 12.8 Å². The number of imide groups is 1. The van der Waals surface area contributed by atoms with E-state index in [9.17, 15) is 14.4 Å². The second kappa shape index (κ2) is 8.45. The topological polar surface area (TPSA) is 116 Å². The van der Waals surface area contributed by atoms with E-state index in [-0.39, 0.29) is 30.2 Å². The van der Waals surface area contributed by atoms with E-state index in [2.05, 4.69) is 10.0 Å². The van der Waals surface area contributed by atoms with Crippen molar-refractivity contribution in [1.29, 1.82) is 0 Å². The molecule has 0 N–H and O–H groups in total. The van der Waals surface area contributed by atoms with E-state index in [4.69, 9.17) is 10.3 Å². The van der Waals surface area contributed by atoms with Gasteiger partial charge in [0.1, 0.15) is 18.3 Å². The first kappa shape index (κ1) is 19.9. The lowest BCUT2D eigenvalue weighted by Crippen LogP contribution is -2.60. The summed E-state index contributed by atoms with van der Waals surface area (Å²) >= 11 is 0. The van der Waals surface area contributed by atoms with Gasteiger partial charge in [-0.25, -0.2) is 0 Å². The minimum Gasteiger partial charge on any atom is -0.497 e. The Hall–Kier alpha value is -3.84. The van der Waals surface area contributed by atoms with Gasteiger partial charge < -0.3 is 9.64 Å². The molecule has 2 aromatic carbocycles. The molecule has 1 aliphatic rings. The van der Waals surface area contributed by atoms with Crippen LogP contribution in [0.1, 0.15) is 22.8 Å². The Bertz CT molecular complexity index is 998. The van der Waals surface area contributed by atoms with Gasteiger partial charge in [0, 0.05) is 17.0 Å². The molecule has 1 heterocycles. The highest BCUT2D eigenvalue weighted by Crippen LogP contribution is 2.24. The number of carbonyl (C=O) groups is 3. The predicted molar refractivity (Wildman–Crippen MR) is 104 cm³/mol. The largest absolute Gasteiger partial charge is 0.497 e. The summed E-state index contributed by atoms with van der Waals surface area (Å²) < 4.78 is 5.12. The van der Waals surface area contributed by atoms with Crippen molar-refractivity contribution >= 4 is 23.4 Å². The SMILES string of the molecule is COc1ccc(CN2CC(=O)N(C(=O)c3ccccc3N=[N+]=[N-])C(C)C2=O)cc1. The molecule has 0 radical (unpaired) electrons. The maximum atomic E-state index is 12.9. The van der Waals surface area contributed by atoms with Crippen molar-refractivity contribution in [3.05, 3.63) is 70.1 Å². The Morgan fingerprint density at radius 1 is 1.21 bits per heavy atom. The van der Waals surface area contributed by atoms with Crippen LogP contribution in [0.5, 0.6) is 5.75 Å². The van der Waals surface area contributed by atoms with E-state index in [1.165, 1.54) is 24.0 Å². The van der Waals surface area contributed by atoms with Gasteiger partial charge in [0.15, 0.2) is 0 Å². The van der Waals surface area contributed by atoms with E-state index >= 15 is 0 Å². The van der Waals surface area contributed by atoms with Crippen LogP contribution < -0.4 is 4.74 Å². The summed E-state index contributed by atoms with van der Waals surface area (Å²) in [6.45, 7) is 1.54. The molecule has 3 amide bonds. The lowest BCUT2D eigenvalue weighted by atomic mass is 10.1. The Kier molecular flexibility index (Phi) is 5.80. The second-order valence-corrected chi connectivity index (χ2v) is 6.49. The van der Waals surface area contributed by atoms with Gasteiger partial charge in [0.25, 0.3) is 5.91 Å². The summed E-state index contributed by atoms with van der Waals surface area (Å²) in [5, 5.41) is 3.49. The third-order valence-corrected chi connectivity index (χ3v) is 4.69. The van der Waals surface area contributed by atoms with Crippen LogP contribution in [-0.2, 0) is 16.1 Å². The van der Waals surface area contributed by atoms with Gasteiger partial charge in [-0.2, -0.15) is 0 Å². The molecule has 0 spiro atoms. The van der Waals surface area contributed by atoms with Crippen LogP contribution in [0.2, 0.25) is 0 Å². The fraction of sp³-hybridized carbons (Fsp3) is 0.250. The van der Waals surface area contributed by atoms with Gasteiger partial charge in [-0.15, -0.1) is 0 Å². The molecule has 1 aliphatic heterocycles. The molecular weight excluding hydrogens is 374 g/mol. The Morgan fingerprint density at radius 2 is 1.90 bits per heavy atom. The zero-order chi connectivity index (χ0) is 21.0. The number of carbonyl (C=O) groups excluding carboxylic acids is 3. The molecule has 1 fully saturated rings. The molecule has 2 aromatic rings. The molecule has 148 valence electrons. The summed E-state index contributed by atoms with van der Waals surface area (Å²) in [5.74, 6) is -0.803. The molecular formula is C20H19N5O4. The number of azide groups is 1. The summed E-state index contributed by atoms with van der Waals surface area (Å²) in [5.41, 5.74) is 9.70. The first-order chi connectivity index (χ1) is 14.0. The van der Waals surface area contributed by atoms with Gasteiger partial charge in [-0.3, -0.25) is 19.3 Å². The number of hydrogen-bond donors (Lipinski definition) is 0. The average molecular weight is 393 g/mol. The number of nitrogens with zero attached hydrogens (tertiary/aromatic N) is 5. The number of rotatable bonds is 5. The fourth-order valence-corrected chi connectivity index (χ4v) is 3.20. The minimum absolute atomic E-state index is 0.0712. The lowest BCUT2D eigenvalue weighted by Gasteiger charge is -2.37. The normalized spacial score (nSPS) is 16.4. The van der Waals surface area contributed by atoms with Gasteiger partial charge in [-0.05, 0) is 36.2 Å². The summed E-state index contributed by atoms with van der Waals surface area (Å²) in [6, 6.07) is 12.4. The quantitative estimate of drug-likeness (QED) is 0.336. The molecule has 29 heavy (non-hydrogen) atoms. The van der Waals surface area contributed by atoms with Gasteiger partial charge in [-0.1, -0.05) is 35.4 Å². The average Bonchev–Trinajstić information content (AvgIpc) is 2.73. The molecule has 1 unspecified atom stereocenters. The van der Waals surface area contributed by atoms with Crippen molar-refractivity contribution in [2.45, 2.75) is 19.5 Å². The third kappa shape index (κ3) is 4.04. The second-order valence-electron chi connectivity index (χ2n) is 6.49. The van der Waals surface area contributed by atoms with Crippen molar-refractivity contribution in [2.75, 3.05) is 13.7 Å². The molecule has 0 saturated carbocycles. The molecule has 1 saturated heterocycles. The van der Waals surface area contributed by atoms with E-state index in [1.807, 2.05) is 12.1 Å². The smallest absolute Gasteiger partial charge is 0.261 e. The number of ether oxygens (including phenoxy) is 1. The Balaban J connectivity index is 1.81. The van der Waals surface area contributed by atoms with Crippen molar-refractivity contribution in [3.8, 4) is 5.75 Å². The minimum atomic E-state index is -0.971. The van der Waals surface area contributed by atoms with Crippen LogP contribution in [0.25, 0.3) is 10.4 Å². The molecule has 1 atom stereocenters. The van der Waals surface area contributed by atoms with E-state index in [0.717, 1.165) is 10.5 Å². The molecule has 9 heteroatoms. The van der Waals surface area contributed by atoms with Crippen LogP contribution >= 0.6 is 0 Å². The van der Waals surface area contributed by atoms with Crippen LogP contribution in [0.4, 0.5) is 5.69 Å². The van der Waals surface area contributed by atoms with Crippen molar-refractivity contribution in [2.24, 2.45) is 5.11 Å². The molecule has 0 aliphatic carbocycles. The van der Waals surface area contributed by atoms with Crippen LogP contribution in [-0.4, -0.2) is 47.2 Å². The number of amides is 3. The Morgan fingerprint density at radius 3 is 2.55 bits per heavy atom. The van der Waals surface area contributed by atoms with E-state index in [0.29, 0.717) is 5.75 Å². The fourth-order valence-electron chi connectivity index (χ4n) is 3.20. The number of methoxy groups -OCH3 is 1. The maximum Gasteiger partial charge on any atom is 0.261 e. The molecule has 0 aromatic heterocycles.